The van der Waals surface area contributed by atoms with Gasteiger partial charge in [-0.1, -0.05) is 13.0 Å². The molecule has 2 aliphatic heterocycles. The van der Waals surface area contributed by atoms with Crippen molar-refractivity contribution < 1.29 is 4.79 Å². The fourth-order valence-corrected chi connectivity index (χ4v) is 3.74. The Morgan fingerprint density at radius 2 is 1.57 bits per heavy atom. The Bertz CT molecular complexity index is 767. The van der Waals surface area contributed by atoms with Crippen molar-refractivity contribution in [3.63, 3.8) is 0 Å². The zero-order valence-corrected chi connectivity index (χ0v) is 16.4. The second kappa shape index (κ2) is 8.52. The Morgan fingerprint density at radius 1 is 0.857 bits per heavy atom. The minimum Gasteiger partial charge on any atom is -0.353 e. The molecule has 148 valence electrons. The van der Waals surface area contributed by atoms with Crippen LogP contribution in [0.2, 0.25) is 0 Å². The summed E-state index contributed by atoms with van der Waals surface area (Å²) in [5.74, 6) is 1.77. The predicted molar refractivity (Wildman–Crippen MR) is 109 cm³/mol. The monoisotopic (exact) mass is 381 g/mol. The average Bonchev–Trinajstić information content (AvgIpc) is 2.79. The van der Waals surface area contributed by atoms with Crippen molar-refractivity contribution in [1.29, 1.82) is 0 Å². The maximum atomic E-state index is 12.8. The van der Waals surface area contributed by atoms with Crippen LogP contribution in [-0.4, -0.2) is 89.8 Å². The van der Waals surface area contributed by atoms with Crippen LogP contribution in [0.4, 0.5) is 11.6 Å². The number of hydrogen-bond acceptors (Lipinski definition) is 7. The summed E-state index contributed by atoms with van der Waals surface area (Å²) in [7, 11) is 0. The third kappa shape index (κ3) is 4.06. The minimum absolute atomic E-state index is 0.0458. The van der Waals surface area contributed by atoms with E-state index in [1.807, 2.05) is 35.2 Å². The Hall–Kier alpha value is -2.74. The quantitative estimate of drug-likeness (QED) is 0.782. The van der Waals surface area contributed by atoms with Gasteiger partial charge in [0.05, 0.1) is 0 Å². The first-order valence-electron chi connectivity index (χ1n) is 10.0. The van der Waals surface area contributed by atoms with E-state index in [0.29, 0.717) is 18.8 Å². The molecule has 8 nitrogen and oxygen atoms in total. The van der Waals surface area contributed by atoms with Gasteiger partial charge in [0.2, 0.25) is 0 Å². The Morgan fingerprint density at radius 3 is 2.18 bits per heavy atom. The van der Waals surface area contributed by atoms with Gasteiger partial charge in [0.25, 0.3) is 5.91 Å². The summed E-state index contributed by atoms with van der Waals surface area (Å²) in [5, 5.41) is 8.54. The molecule has 2 fully saturated rings. The second-order valence-electron chi connectivity index (χ2n) is 7.17. The summed E-state index contributed by atoms with van der Waals surface area (Å²) in [5.41, 5.74) is 0.419. The van der Waals surface area contributed by atoms with Gasteiger partial charge in [0, 0.05) is 58.6 Å². The molecule has 0 saturated carbocycles. The maximum Gasteiger partial charge on any atom is 0.274 e. The van der Waals surface area contributed by atoms with Crippen molar-refractivity contribution >= 4 is 17.5 Å². The SMILES string of the molecule is CCN1CCN(c2ccc(C(=O)N3CCN(c4ccccn4)CC3)nn2)CC1. The van der Waals surface area contributed by atoms with Crippen LogP contribution in [0.3, 0.4) is 0 Å². The van der Waals surface area contributed by atoms with Crippen molar-refractivity contribution in [2.45, 2.75) is 6.92 Å². The van der Waals surface area contributed by atoms with Crippen molar-refractivity contribution in [2.75, 3.05) is 68.7 Å². The van der Waals surface area contributed by atoms with Crippen LogP contribution in [-0.2, 0) is 0 Å². The van der Waals surface area contributed by atoms with Gasteiger partial charge in [0.1, 0.15) is 5.82 Å². The molecule has 0 aliphatic carbocycles. The molecule has 2 aliphatic rings. The molecule has 2 aromatic heterocycles. The lowest BCUT2D eigenvalue weighted by molar-refractivity contribution is 0.0739. The molecular formula is C20H27N7O. The zero-order valence-electron chi connectivity index (χ0n) is 16.4. The number of piperazine rings is 2. The number of amides is 1. The molecule has 0 unspecified atom stereocenters. The van der Waals surface area contributed by atoms with Crippen LogP contribution in [0.1, 0.15) is 17.4 Å². The summed E-state index contributed by atoms with van der Waals surface area (Å²) in [6.45, 7) is 10.1. The molecule has 0 radical (unpaired) electrons. The standard InChI is InChI=1S/C20H27N7O/c1-2-24-9-11-26(12-10-24)19-7-6-17(22-23-19)20(28)27-15-13-25(14-16-27)18-5-3-4-8-21-18/h3-8H,2,9-16H2,1H3. The fraction of sp³-hybridized carbons (Fsp3) is 0.500. The summed E-state index contributed by atoms with van der Waals surface area (Å²) in [6, 6.07) is 9.63. The van der Waals surface area contributed by atoms with Gasteiger partial charge < -0.3 is 19.6 Å². The number of carbonyl (C=O) groups excluding carboxylic acids is 1. The number of carbonyl (C=O) groups is 1. The van der Waals surface area contributed by atoms with Crippen molar-refractivity contribution in [3.8, 4) is 0 Å². The van der Waals surface area contributed by atoms with Gasteiger partial charge in [-0.15, -0.1) is 10.2 Å². The van der Waals surface area contributed by atoms with E-state index in [0.717, 1.165) is 57.4 Å². The van der Waals surface area contributed by atoms with Gasteiger partial charge in [-0.05, 0) is 30.8 Å². The van der Waals surface area contributed by atoms with Crippen molar-refractivity contribution in [2.24, 2.45) is 0 Å². The van der Waals surface area contributed by atoms with Gasteiger partial charge in [0.15, 0.2) is 11.5 Å². The molecule has 2 saturated heterocycles. The minimum atomic E-state index is -0.0458. The van der Waals surface area contributed by atoms with Crippen LogP contribution < -0.4 is 9.80 Å². The van der Waals surface area contributed by atoms with Crippen molar-refractivity contribution in [3.05, 3.63) is 42.2 Å². The van der Waals surface area contributed by atoms with Crippen molar-refractivity contribution in [1.82, 2.24) is 25.0 Å². The average molecular weight is 381 g/mol. The number of nitrogens with zero attached hydrogens (tertiary/aromatic N) is 7. The molecule has 8 heteroatoms. The summed E-state index contributed by atoms with van der Waals surface area (Å²) in [4.78, 5) is 25.9. The second-order valence-corrected chi connectivity index (χ2v) is 7.17. The largest absolute Gasteiger partial charge is 0.353 e. The van der Waals surface area contributed by atoms with E-state index < -0.39 is 0 Å². The number of likely N-dealkylation sites (N-methyl/N-ethyl adjacent to an activating group) is 1. The lowest BCUT2D eigenvalue weighted by atomic mass is 10.2. The van der Waals surface area contributed by atoms with E-state index in [1.54, 1.807) is 6.20 Å². The molecule has 2 aromatic rings. The zero-order chi connectivity index (χ0) is 19.3. The lowest BCUT2D eigenvalue weighted by Crippen LogP contribution is -2.49. The van der Waals surface area contributed by atoms with Crippen LogP contribution in [0.15, 0.2) is 36.5 Å². The first kappa shape index (κ1) is 18.6. The topological polar surface area (TPSA) is 68.7 Å². The molecule has 0 N–H and O–H groups in total. The highest BCUT2D eigenvalue weighted by Crippen LogP contribution is 2.16. The smallest absolute Gasteiger partial charge is 0.274 e. The molecule has 0 bridgehead atoms. The van der Waals surface area contributed by atoms with Crippen LogP contribution >= 0.6 is 0 Å². The Labute approximate surface area is 165 Å². The number of hydrogen-bond donors (Lipinski definition) is 0. The number of rotatable bonds is 4. The number of pyridine rings is 1. The highest BCUT2D eigenvalue weighted by atomic mass is 16.2. The number of anilines is 2. The summed E-state index contributed by atoms with van der Waals surface area (Å²) < 4.78 is 0. The van der Waals surface area contributed by atoms with E-state index in [-0.39, 0.29) is 5.91 Å². The van der Waals surface area contributed by atoms with E-state index in [4.69, 9.17) is 0 Å². The molecule has 0 atom stereocenters. The third-order valence-corrected chi connectivity index (χ3v) is 5.55. The summed E-state index contributed by atoms with van der Waals surface area (Å²) in [6.07, 6.45) is 1.80. The molecule has 28 heavy (non-hydrogen) atoms. The van der Waals surface area contributed by atoms with E-state index >= 15 is 0 Å². The molecule has 0 aromatic carbocycles. The first-order valence-corrected chi connectivity index (χ1v) is 10.0. The van der Waals surface area contributed by atoms with Gasteiger partial charge in [-0.3, -0.25) is 4.79 Å². The maximum absolute atomic E-state index is 12.8. The van der Waals surface area contributed by atoms with E-state index in [9.17, 15) is 4.79 Å². The Kier molecular flexibility index (Phi) is 5.66. The summed E-state index contributed by atoms with van der Waals surface area (Å²) >= 11 is 0. The predicted octanol–water partition coefficient (Wildman–Crippen LogP) is 0.976. The highest BCUT2D eigenvalue weighted by Gasteiger charge is 2.24. The van der Waals surface area contributed by atoms with Gasteiger partial charge in [-0.2, -0.15) is 0 Å². The molecule has 0 spiro atoms. The Balaban J connectivity index is 1.33. The van der Waals surface area contributed by atoms with E-state index in [2.05, 4.69) is 36.8 Å². The molecule has 1 amide bonds. The molecule has 4 rings (SSSR count). The normalized spacial score (nSPS) is 18.4. The van der Waals surface area contributed by atoms with E-state index in [1.165, 1.54) is 0 Å². The first-order chi connectivity index (χ1) is 13.7. The fourth-order valence-electron chi connectivity index (χ4n) is 3.74. The lowest BCUT2D eigenvalue weighted by Gasteiger charge is -2.35. The van der Waals surface area contributed by atoms with Crippen LogP contribution in [0.5, 0.6) is 0 Å². The van der Waals surface area contributed by atoms with Crippen LogP contribution in [0.25, 0.3) is 0 Å². The molecule has 4 heterocycles. The van der Waals surface area contributed by atoms with Crippen LogP contribution in [0, 0.1) is 0 Å². The molecular weight excluding hydrogens is 354 g/mol. The van der Waals surface area contributed by atoms with Gasteiger partial charge in [-0.25, -0.2) is 4.98 Å². The third-order valence-electron chi connectivity index (χ3n) is 5.55. The number of aromatic nitrogens is 3. The van der Waals surface area contributed by atoms with Gasteiger partial charge >= 0.3 is 0 Å². The highest BCUT2D eigenvalue weighted by molar-refractivity contribution is 5.92.